The van der Waals surface area contributed by atoms with E-state index in [1.165, 1.54) is 5.52 Å². The first-order chi connectivity index (χ1) is 10.3. The van der Waals surface area contributed by atoms with Crippen molar-refractivity contribution in [3.05, 3.63) is 30.1 Å². The van der Waals surface area contributed by atoms with E-state index in [9.17, 15) is 0 Å². The second-order valence-electron chi connectivity index (χ2n) is 5.29. The van der Waals surface area contributed by atoms with Gasteiger partial charge in [-0.1, -0.05) is 26.0 Å². The molecule has 2 rings (SSSR count). The predicted molar refractivity (Wildman–Crippen MR) is 87.7 cm³/mol. The highest BCUT2D eigenvalue weighted by atomic mass is 16.5. The van der Waals surface area contributed by atoms with E-state index in [2.05, 4.69) is 48.9 Å². The third-order valence-electron chi connectivity index (χ3n) is 3.64. The van der Waals surface area contributed by atoms with Crippen molar-refractivity contribution >= 4 is 11.0 Å². The molecule has 1 heterocycles. The molecule has 0 saturated heterocycles. The minimum Gasteiger partial charge on any atom is -0.380 e. The number of nitrogens with one attached hydrogen (secondary N) is 1. The number of hydrogen-bond donors (Lipinski definition) is 1. The molecule has 0 spiro atoms. The van der Waals surface area contributed by atoms with Crippen LogP contribution in [0.4, 0.5) is 0 Å². The Morgan fingerprint density at radius 3 is 2.76 bits per heavy atom. The van der Waals surface area contributed by atoms with Crippen molar-refractivity contribution in [1.82, 2.24) is 14.9 Å². The normalized spacial score (nSPS) is 12.9. The van der Waals surface area contributed by atoms with E-state index in [0.717, 1.165) is 50.5 Å². The number of ether oxygens (including phenoxy) is 1. The molecule has 0 saturated carbocycles. The molecular formula is C17H27N3O. The fourth-order valence-electron chi connectivity index (χ4n) is 2.70. The van der Waals surface area contributed by atoms with Gasteiger partial charge in [-0.2, -0.15) is 0 Å². The molecule has 0 fully saturated rings. The molecule has 1 atom stereocenters. The number of rotatable bonds is 9. The van der Waals surface area contributed by atoms with Gasteiger partial charge in [-0.15, -0.1) is 0 Å². The van der Waals surface area contributed by atoms with Gasteiger partial charge in [-0.25, -0.2) is 4.98 Å². The average molecular weight is 289 g/mol. The number of benzene rings is 1. The number of nitrogens with zero attached hydrogens (tertiary/aromatic N) is 2. The first-order valence-corrected chi connectivity index (χ1v) is 8.05. The van der Waals surface area contributed by atoms with Crippen LogP contribution in [0.15, 0.2) is 24.3 Å². The Morgan fingerprint density at radius 2 is 2.05 bits per heavy atom. The Labute approximate surface area is 127 Å². The Morgan fingerprint density at radius 1 is 1.24 bits per heavy atom. The fourth-order valence-corrected chi connectivity index (χ4v) is 2.70. The summed E-state index contributed by atoms with van der Waals surface area (Å²) < 4.78 is 8.02. The second kappa shape index (κ2) is 8.15. The summed E-state index contributed by atoms with van der Waals surface area (Å²) in [4.78, 5) is 4.80. The number of imidazole rings is 1. The van der Waals surface area contributed by atoms with Crippen LogP contribution in [0.1, 0.15) is 33.0 Å². The minimum absolute atomic E-state index is 0.323. The van der Waals surface area contributed by atoms with E-state index < -0.39 is 0 Å². The average Bonchev–Trinajstić information content (AvgIpc) is 2.84. The number of fused-ring (bicyclic) bond motifs is 1. The van der Waals surface area contributed by atoms with Crippen LogP contribution in [0.3, 0.4) is 0 Å². The number of aryl methyl sites for hydroxylation is 1. The monoisotopic (exact) mass is 289 g/mol. The van der Waals surface area contributed by atoms with Gasteiger partial charge in [0.05, 0.1) is 17.6 Å². The number of aromatic nitrogens is 2. The van der Waals surface area contributed by atoms with E-state index in [1.807, 2.05) is 6.07 Å². The molecule has 116 valence electrons. The van der Waals surface area contributed by atoms with E-state index in [4.69, 9.17) is 9.72 Å². The summed E-state index contributed by atoms with van der Waals surface area (Å²) >= 11 is 0. The predicted octanol–water partition coefficient (Wildman–Crippen LogP) is 3.00. The molecule has 21 heavy (non-hydrogen) atoms. The second-order valence-corrected chi connectivity index (χ2v) is 5.29. The summed E-state index contributed by atoms with van der Waals surface area (Å²) in [7, 11) is 0. The van der Waals surface area contributed by atoms with Gasteiger partial charge in [0.2, 0.25) is 0 Å². The van der Waals surface area contributed by atoms with Crippen molar-refractivity contribution < 1.29 is 4.74 Å². The van der Waals surface area contributed by atoms with Crippen molar-refractivity contribution in [2.24, 2.45) is 0 Å². The lowest BCUT2D eigenvalue weighted by Gasteiger charge is -2.18. The third-order valence-corrected chi connectivity index (χ3v) is 3.64. The number of likely N-dealkylation sites (N-methyl/N-ethyl adjacent to an activating group) is 1. The van der Waals surface area contributed by atoms with Crippen molar-refractivity contribution in [2.45, 2.75) is 46.2 Å². The highest BCUT2D eigenvalue weighted by Gasteiger charge is 2.15. The van der Waals surface area contributed by atoms with Gasteiger partial charge in [0.15, 0.2) is 0 Å². The first kappa shape index (κ1) is 16.0. The molecule has 1 aromatic carbocycles. The lowest BCUT2D eigenvalue weighted by molar-refractivity contribution is 0.111. The topological polar surface area (TPSA) is 39.1 Å². The standard InChI is InChI=1S/C17H27N3O/c1-4-11-21-13-14(18-5-2)12-17-19-15-9-7-8-10-16(15)20(17)6-3/h7-10,14,18H,4-6,11-13H2,1-3H3. The van der Waals surface area contributed by atoms with Crippen molar-refractivity contribution in [1.29, 1.82) is 0 Å². The van der Waals surface area contributed by atoms with Crippen LogP contribution >= 0.6 is 0 Å². The zero-order valence-electron chi connectivity index (χ0n) is 13.4. The van der Waals surface area contributed by atoms with Crippen LogP contribution in [0.25, 0.3) is 11.0 Å². The fraction of sp³-hybridized carbons (Fsp3) is 0.588. The van der Waals surface area contributed by atoms with E-state index in [0.29, 0.717) is 6.04 Å². The van der Waals surface area contributed by atoms with Gasteiger partial charge >= 0.3 is 0 Å². The molecule has 1 unspecified atom stereocenters. The van der Waals surface area contributed by atoms with Crippen LogP contribution < -0.4 is 5.32 Å². The van der Waals surface area contributed by atoms with Gasteiger partial charge in [-0.05, 0) is 32.0 Å². The molecule has 4 heteroatoms. The largest absolute Gasteiger partial charge is 0.380 e. The molecule has 1 aromatic heterocycles. The Kier molecular flexibility index (Phi) is 6.21. The van der Waals surface area contributed by atoms with E-state index in [-0.39, 0.29) is 0 Å². The minimum atomic E-state index is 0.323. The summed E-state index contributed by atoms with van der Waals surface area (Å²) in [5.41, 5.74) is 2.30. The highest BCUT2D eigenvalue weighted by molar-refractivity contribution is 5.75. The molecule has 1 N–H and O–H groups in total. The summed E-state index contributed by atoms with van der Waals surface area (Å²) in [5.74, 6) is 1.14. The Balaban J connectivity index is 2.15. The number of para-hydroxylation sites is 2. The van der Waals surface area contributed by atoms with Crippen molar-refractivity contribution in [3.63, 3.8) is 0 Å². The maximum absolute atomic E-state index is 5.72. The first-order valence-electron chi connectivity index (χ1n) is 8.05. The molecule has 0 aliphatic rings. The summed E-state index contributed by atoms with van der Waals surface area (Å²) in [5, 5.41) is 3.51. The molecule has 0 bridgehead atoms. The zero-order valence-corrected chi connectivity index (χ0v) is 13.4. The third kappa shape index (κ3) is 4.05. The summed E-state index contributed by atoms with van der Waals surface area (Å²) in [6.07, 6.45) is 1.96. The van der Waals surface area contributed by atoms with Crippen LogP contribution in [0, 0.1) is 0 Å². The molecule has 0 aliphatic heterocycles. The zero-order chi connectivity index (χ0) is 15.1. The van der Waals surface area contributed by atoms with Crippen molar-refractivity contribution in [3.8, 4) is 0 Å². The molecule has 2 aromatic rings. The molecule has 4 nitrogen and oxygen atoms in total. The highest BCUT2D eigenvalue weighted by Crippen LogP contribution is 2.17. The van der Waals surface area contributed by atoms with Gasteiger partial charge < -0.3 is 14.6 Å². The molecular weight excluding hydrogens is 262 g/mol. The maximum atomic E-state index is 5.72. The smallest absolute Gasteiger partial charge is 0.111 e. The SMILES string of the molecule is CCCOCC(Cc1nc2ccccc2n1CC)NCC. The molecule has 0 radical (unpaired) electrons. The molecule has 0 aliphatic carbocycles. The van der Waals surface area contributed by atoms with Crippen molar-refractivity contribution in [2.75, 3.05) is 19.8 Å². The van der Waals surface area contributed by atoms with Crippen LogP contribution in [0.5, 0.6) is 0 Å². The maximum Gasteiger partial charge on any atom is 0.111 e. The lowest BCUT2D eigenvalue weighted by atomic mass is 10.2. The van der Waals surface area contributed by atoms with Crippen LogP contribution in [-0.2, 0) is 17.7 Å². The van der Waals surface area contributed by atoms with E-state index >= 15 is 0 Å². The van der Waals surface area contributed by atoms with Gasteiger partial charge in [-0.3, -0.25) is 0 Å². The van der Waals surface area contributed by atoms with E-state index in [1.54, 1.807) is 0 Å². The van der Waals surface area contributed by atoms with Gasteiger partial charge in [0.1, 0.15) is 5.82 Å². The lowest BCUT2D eigenvalue weighted by Crippen LogP contribution is -2.36. The number of hydrogen-bond acceptors (Lipinski definition) is 3. The molecule has 0 amide bonds. The van der Waals surface area contributed by atoms with Crippen LogP contribution in [0.2, 0.25) is 0 Å². The Bertz CT molecular complexity index is 550. The van der Waals surface area contributed by atoms with Crippen LogP contribution in [-0.4, -0.2) is 35.4 Å². The van der Waals surface area contributed by atoms with Gasteiger partial charge in [0, 0.05) is 25.6 Å². The summed E-state index contributed by atoms with van der Waals surface area (Å²) in [6.45, 7) is 9.92. The quantitative estimate of drug-likeness (QED) is 0.721. The Hall–Kier alpha value is -1.39. The van der Waals surface area contributed by atoms with Gasteiger partial charge in [0.25, 0.3) is 0 Å². The summed E-state index contributed by atoms with van der Waals surface area (Å²) in [6, 6.07) is 8.67.